The van der Waals surface area contributed by atoms with E-state index in [1.54, 1.807) is 0 Å². The van der Waals surface area contributed by atoms with Crippen LogP contribution in [0.1, 0.15) is 23.2 Å². The molecule has 1 fully saturated rings. The van der Waals surface area contributed by atoms with E-state index in [1.807, 2.05) is 76.0 Å². The normalized spacial score (nSPS) is 15.2. The van der Waals surface area contributed by atoms with Gasteiger partial charge in [-0.1, -0.05) is 66.7 Å². The average molecular weight is 419 g/mol. The highest BCUT2D eigenvalue weighted by molar-refractivity contribution is 7.71. The Balaban J connectivity index is 1.46. The summed E-state index contributed by atoms with van der Waals surface area (Å²) in [6, 6.07) is 19.7. The van der Waals surface area contributed by atoms with E-state index in [9.17, 15) is 4.79 Å². The van der Waals surface area contributed by atoms with E-state index in [4.69, 9.17) is 17.3 Å². The molecular weight excluding hydrogens is 392 g/mol. The number of rotatable bonds is 7. The van der Waals surface area contributed by atoms with E-state index in [-0.39, 0.29) is 11.7 Å². The van der Waals surface area contributed by atoms with Crippen molar-refractivity contribution in [1.82, 2.24) is 19.2 Å². The van der Waals surface area contributed by atoms with E-state index in [0.717, 1.165) is 42.9 Å². The van der Waals surface area contributed by atoms with Crippen LogP contribution in [0, 0.1) is 10.7 Å². The molecule has 5 nitrogen and oxygen atoms in total. The Hall–Kier alpha value is -2.83. The zero-order chi connectivity index (χ0) is 20.9. The van der Waals surface area contributed by atoms with Crippen LogP contribution in [0.2, 0.25) is 0 Å². The first kappa shape index (κ1) is 20.4. The molecule has 0 unspecified atom stereocenters. The molecule has 0 atom stereocenters. The highest BCUT2D eigenvalue weighted by atomic mass is 32.1. The number of allylic oxidation sites excluding steroid dienone is 1. The number of hydrogen-bond acceptors (Lipinski definition) is 4. The van der Waals surface area contributed by atoms with E-state index in [0.29, 0.717) is 18.0 Å². The predicted molar refractivity (Wildman–Crippen MR) is 122 cm³/mol. The van der Waals surface area contributed by atoms with Gasteiger partial charge in [-0.25, -0.2) is 4.68 Å². The number of Topliss-reactive ketones (excluding diaryl/α,β-unsaturated/α-hetero) is 1. The zero-order valence-electron chi connectivity index (χ0n) is 17.0. The lowest BCUT2D eigenvalue weighted by atomic mass is 9.89. The fourth-order valence-electron chi connectivity index (χ4n) is 3.99. The molecule has 0 saturated carbocycles. The van der Waals surface area contributed by atoms with E-state index in [1.165, 1.54) is 0 Å². The molecule has 1 aliphatic heterocycles. The summed E-state index contributed by atoms with van der Waals surface area (Å²) in [6.07, 6.45) is 3.56. The molecule has 154 valence electrons. The van der Waals surface area contributed by atoms with E-state index in [2.05, 4.69) is 11.5 Å². The maximum Gasteiger partial charge on any atom is 0.199 e. The minimum Gasteiger partial charge on any atom is -0.296 e. The number of carbonyl (C=O) groups is 1. The standard InChI is InChI=1S/C24H26N4OS/c1-2-15-27-23(21-11-7-4-8-12-21)25-28(24(27)30)18-26-16-13-20(14-17-26)22(29)19-9-5-3-6-10-19/h2-12,20H,1,13-18H2. The van der Waals surface area contributed by atoms with Gasteiger partial charge >= 0.3 is 0 Å². The third kappa shape index (κ3) is 4.35. The quantitative estimate of drug-likeness (QED) is 0.313. The molecule has 0 spiro atoms. The number of aromatic nitrogens is 3. The third-order valence-corrected chi connectivity index (χ3v) is 6.05. The van der Waals surface area contributed by atoms with Gasteiger partial charge in [0.2, 0.25) is 0 Å². The van der Waals surface area contributed by atoms with Gasteiger partial charge in [-0.3, -0.25) is 14.3 Å². The summed E-state index contributed by atoms with van der Waals surface area (Å²) in [5.41, 5.74) is 1.85. The molecule has 0 bridgehead atoms. The second-order valence-electron chi connectivity index (χ2n) is 7.64. The predicted octanol–water partition coefficient (Wildman–Crippen LogP) is 4.82. The van der Waals surface area contributed by atoms with Gasteiger partial charge in [-0.05, 0) is 25.1 Å². The van der Waals surface area contributed by atoms with Crippen molar-refractivity contribution in [2.75, 3.05) is 13.1 Å². The molecule has 0 N–H and O–H groups in total. The molecule has 6 heteroatoms. The van der Waals surface area contributed by atoms with Gasteiger partial charge in [0.15, 0.2) is 16.4 Å². The largest absolute Gasteiger partial charge is 0.296 e. The van der Waals surface area contributed by atoms with Crippen LogP contribution in [0.4, 0.5) is 0 Å². The molecule has 1 saturated heterocycles. The van der Waals surface area contributed by atoms with Crippen molar-refractivity contribution < 1.29 is 4.79 Å². The van der Waals surface area contributed by atoms with Crippen LogP contribution in [0.15, 0.2) is 73.3 Å². The van der Waals surface area contributed by atoms with Gasteiger partial charge in [0.25, 0.3) is 0 Å². The molecule has 4 rings (SSSR count). The molecule has 1 aromatic heterocycles. The fourth-order valence-corrected chi connectivity index (χ4v) is 4.25. The Bertz CT molecular complexity index is 1060. The van der Waals surface area contributed by atoms with Crippen LogP contribution in [-0.4, -0.2) is 38.1 Å². The van der Waals surface area contributed by atoms with Gasteiger partial charge in [-0.2, -0.15) is 5.10 Å². The summed E-state index contributed by atoms with van der Waals surface area (Å²) in [5.74, 6) is 1.21. The number of carbonyl (C=O) groups excluding carboxylic acids is 1. The Morgan fingerprint density at radius 1 is 1.07 bits per heavy atom. The highest BCUT2D eigenvalue weighted by Gasteiger charge is 2.26. The fraction of sp³-hybridized carbons (Fsp3) is 0.292. The first-order valence-electron chi connectivity index (χ1n) is 10.3. The molecule has 1 aliphatic rings. The third-order valence-electron chi connectivity index (χ3n) is 5.62. The summed E-state index contributed by atoms with van der Waals surface area (Å²) in [7, 11) is 0. The summed E-state index contributed by atoms with van der Waals surface area (Å²) in [4.78, 5) is 15.1. The van der Waals surface area contributed by atoms with E-state index >= 15 is 0 Å². The molecule has 30 heavy (non-hydrogen) atoms. The van der Waals surface area contributed by atoms with Crippen molar-refractivity contribution in [2.24, 2.45) is 5.92 Å². The molecule has 0 radical (unpaired) electrons. The Kier molecular flexibility index (Phi) is 6.35. The van der Waals surface area contributed by atoms with Crippen molar-refractivity contribution in [3.63, 3.8) is 0 Å². The number of likely N-dealkylation sites (tertiary alicyclic amines) is 1. The number of benzene rings is 2. The van der Waals surface area contributed by atoms with E-state index < -0.39 is 0 Å². The molecule has 3 aromatic rings. The van der Waals surface area contributed by atoms with Crippen molar-refractivity contribution in [2.45, 2.75) is 26.1 Å². The smallest absolute Gasteiger partial charge is 0.199 e. The topological polar surface area (TPSA) is 43.1 Å². The van der Waals surface area contributed by atoms with Gasteiger partial charge in [0.05, 0.1) is 6.67 Å². The zero-order valence-corrected chi connectivity index (χ0v) is 17.8. The number of hydrogen-bond donors (Lipinski definition) is 0. The lowest BCUT2D eigenvalue weighted by Gasteiger charge is -2.30. The first-order chi connectivity index (χ1) is 14.7. The van der Waals surface area contributed by atoms with Crippen molar-refractivity contribution >= 4 is 18.0 Å². The van der Waals surface area contributed by atoms with Gasteiger partial charge in [0, 0.05) is 36.7 Å². The Labute approximate surface area is 182 Å². The molecule has 0 aliphatic carbocycles. The number of ketones is 1. The van der Waals surface area contributed by atoms with Gasteiger partial charge in [0.1, 0.15) is 0 Å². The van der Waals surface area contributed by atoms with Crippen LogP contribution < -0.4 is 0 Å². The van der Waals surface area contributed by atoms with Crippen molar-refractivity contribution in [3.05, 3.63) is 83.7 Å². The number of nitrogens with zero attached hydrogens (tertiary/aromatic N) is 4. The molecule has 2 heterocycles. The Morgan fingerprint density at radius 3 is 2.33 bits per heavy atom. The second-order valence-corrected chi connectivity index (χ2v) is 8.00. The van der Waals surface area contributed by atoms with Crippen molar-refractivity contribution in [1.29, 1.82) is 0 Å². The van der Waals surface area contributed by atoms with Crippen LogP contribution in [0.25, 0.3) is 11.4 Å². The van der Waals surface area contributed by atoms with Crippen molar-refractivity contribution in [3.8, 4) is 11.4 Å². The maximum atomic E-state index is 12.7. The van der Waals surface area contributed by atoms with Crippen LogP contribution >= 0.6 is 12.2 Å². The molecule has 2 aromatic carbocycles. The Morgan fingerprint density at radius 2 is 1.70 bits per heavy atom. The lowest BCUT2D eigenvalue weighted by molar-refractivity contribution is 0.0803. The molecule has 0 amide bonds. The highest BCUT2D eigenvalue weighted by Crippen LogP contribution is 2.23. The summed E-state index contributed by atoms with van der Waals surface area (Å²) in [6.45, 7) is 6.84. The van der Waals surface area contributed by atoms with Crippen LogP contribution in [0.5, 0.6) is 0 Å². The maximum absolute atomic E-state index is 12.7. The summed E-state index contributed by atoms with van der Waals surface area (Å²) < 4.78 is 4.60. The monoisotopic (exact) mass is 418 g/mol. The van der Waals surface area contributed by atoms with Gasteiger partial charge in [-0.15, -0.1) is 6.58 Å². The first-order valence-corrected chi connectivity index (χ1v) is 10.7. The van der Waals surface area contributed by atoms with Crippen LogP contribution in [0.3, 0.4) is 0 Å². The second kappa shape index (κ2) is 9.32. The number of piperidine rings is 1. The van der Waals surface area contributed by atoms with Gasteiger partial charge < -0.3 is 0 Å². The SMILES string of the molecule is C=CCn1c(-c2ccccc2)nn(CN2CCC(C(=O)c3ccccc3)CC2)c1=S. The minimum atomic E-state index is 0.0924. The summed E-state index contributed by atoms with van der Waals surface area (Å²) in [5, 5.41) is 4.81. The summed E-state index contributed by atoms with van der Waals surface area (Å²) >= 11 is 5.71. The lowest BCUT2D eigenvalue weighted by Crippen LogP contribution is -2.37. The average Bonchev–Trinajstić information content (AvgIpc) is 3.10. The molecular formula is C24H26N4OS. The van der Waals surface area contributed by atoms with Crippen LogP contribution in [-0.2, 0) is 13.2 Å². The minimum absolute atomic E-state index is 0.0924.